The number of aromatic nitrogens is 1. The molecule has 0 unspecified atom stereocenters. The van der Waals surface area contributed by atoms with Gasteiger partial charge >= 0.3 is 6.09 Å². The van der Waals surface area contributed by atoms with E-state index in [0.717, 1.165) is 45.3 Å². The average molecular weight is 476 g/mol. The van der Waals surface area contributed by atoms with Gasteiger partial charge in [0.05, 0.1) is 24.4 Å². The summed E-state index contributed by atoms with van der Waals surface area (Å²) in [5.74, 6) is -0.127. The number of hydrogen-bond acceptors (Lipinski definition) is 6. The van der Waals surface area contributed by atoms with Crippen LogP contribution in [0.5, 0.6) is 0 Å². The Morgan fingerprint density at radius 1 is 1.09 bits per heavy atom. The minimum Gasteiger partial charge on any atom is -0.449 e. The molecule has 0 bridgehead atoms. The van der Waals surface area contributed by atoms with Crippen LogP contribution in [-0.4, -0.2) is 59.2 Å². The molecule has 35 heavy (non-hydrogen) atoms. The summed E-state index contributed by atoms with van der Waals surface area (Å²) in [6.45, 7) is 7.91. The number of carbonyl (C=O) groups excluding carboxylic acids is 2. The molecule has 2 aromatic carbocycles. The Hall–Kier alpha value is -3.49. The molecule has 1 atom stereocenters. The number of aryl methyl sites for hydroxylation is 1. The summed E-state index contributed by atoms with van der Waals surface area (Å²) >= 11 is 0. The number of carbonyl (C=O) groups is 2. The van der Waals surface area contributed by atoms with Crippen LogP contribution >= 0.6 is 0 Å². The van der Waals surface area contributed by atoms with E-state index in [-0.39, 0.29) is 12.5 Å². The molecule has 1 saturated heterocycles. The van der Waals surface area contributed by atoms with Crippen LogP contribution < -0.4 is 11.5 Å². The third kappa shape index (κ3) is 4.99. The van der Waals surface area contributed by atoms with Crippen LogP contribution in [0.4, 0.5) is 4.79 Å². The van der Waals surface area contributed by atoms with Gasteiger partial charge in [-0.15, -0.1) is 0 Å². The van der Waals surface area contributed by atoms with E-state index in [1.807, 2.05) is 49.4 Å². The monoisotopic (exact) mass is 475 g/mol. The van der Waals surface area contributed by atoms with Crippen LogP contribution in [0.25, 0.3) is 22.2 Å². The molecule has 4 rings (SSSR count). The van der Waals surface area contributed by atoms with Crippen molar-refractivity contribution in [3.63, 3.8) is 0 Å². The Labute approximate surface area is 205 Å². The lowest BCUT2D eigenvalue weighted by atomic mass is 9.97. The van der Waals surface area contributed by atoms with Gasteiger partial charge in [0, 0.05) is 36.1 Å². The van der Waals surface area contributed by atoms with Crippen molar-refractivity contribution < 1.29 is 14.3 Å². The third-order valence-corrected chi connectivity index (χ3v) is 6.63. The van der Waals surface area contributed by atoms with E-state index in [2.05, 4.69) is 13.8 Å². The molecule has 0 saturated carbocycles. The van der Waals surface area contributed by atoms with Crippen LogP contribution in [0, 0.1) is 13.8 Å². The lowest BCUT2D eigenvalue weighted by Gasteiger charge is -2.38. The van der Waals surface area contributed by atoms with Gasteiger partial charge in [-0.3, -0.25) is 9.69 Å². The van der Waals surface area contributed by atoms with Gasteiger partial charge in [0.1, 0.15) is 6.17 Å². The summed E-state index contributed by atoms with van der Waals surface area (Å²) in [4.78, 5) is 33.6. The Morgan fingerprint density at radius 2 is 1.83 bits per heavy atom. The standard InChI is InChI=1S/C27H33N5O3/c1-4-13-35-27(34)32-12-11-31(16-24(32)29)26(33)21-9-10-22-17(2)18(3)25(30-23(22)14-21)20-7-5-19(15-28)6-8-20/h5-10,14,24H,4,11-13,15-16,28-29H2,1-3H3/t24-/m0/s1. The van der Waals surface area contributed by atoms with E-state index < -0.39 is 12.3 Å². The first-order chi connectivity index (χ1) is 16.8. The van der Waals surface area contributed by atoms with Crippen LogP contribution in [0.2, 0.25) is 0 Å². The fraction of sp³-hybridized carbons (Fsp3) is 0.370. The molecule has 1 aromatic heterocycles. The van der Waals surface area contributed by atoms with Crippen molar-refractivity contribution in [1.82, 2.24) is 14.8 Å². The smallest absolute Gasteiger partial charge is 0.411 e. The Morgan fingerprint density at radius 3 is 2.49 bits per heavy atom. The van der Waals surface area contributed by atoms with Crippen molar-refractivity contribution in [3.05, 3.63) is 64.7 Å². The summed E-state index contributed by atoms with van der Waals surface area (Å²) in [5.41, 5.74) is 18.5. The van der Waals surface area contributed by atoms with Crippen molar-refractivity contribution in [2.45, 2.75) is 39.9 Å². The minimum atomic E-state index is -0.608. The molecule has 1 fully saturated rings. The number of nitrogens with two attached hydrogens (primary N) is 2. The molecule has 2 heterocycles. The predicted molar refractivity (Wildman–Crippen MR) is 137 cm³/mol. The van der Waals surface area contributed by atoms with Crippen molar-refractivity contribution in [2.24, 2.45) is 11.5 Å². The van der Waals surface area contributed by atoms with E-state index in [1.165, 1.54) is 4.90 Å². The van der Waals surface area contributed by atoms with Gasteiger partial charge in [0.15, 0.2) is 0 Å². The highest BCUT2D eigenvalue weighted by Gasteiger charge is 2.31. The zero-order valence-electron chi connectivity index (χ0n) is 20.6. The molecule has 1 aliphatic rings. The van der Waals surface area contributed by atoms with E-state index >= 15 is 0 Å². The molecule has 0 radical (unpaired) electrons. The number of piperazine rings is 1. The first-order valence-corrected chi connectivity index (χ1v) is 12.0. The minimum absolute atomic E-state index is 0.127. The third-order valence-electron chi connectivity index (χ3n) is 6.63. The summed E-state index contributed by atoms with van der Waals surface area (Å²) in [5, 5.41) is 1.02. The number of hydrogen-bond donors (Lipinski definition) is 2. The lowest BCUT2D eigenvalue weighted by molar-refractivity contribution is 0.0390. The highest BCUT2D eigenvalue weighted by molar-refractivity contribution is 5.99. The van der Waals surface area contributed by atoms with Gasteiger partial charge in [-0.2, -0.15) is 0 Å². The van der Waals surface area contributed by atoms with Crippen LogP contribution in [0.3, 0.4) is 0 Å². The zero-order valence-corrected chi connectivity index (χ0v) is 20.6. The Bertz CT molecular complexity index is 1240. The van der Waals surface area contributed by atoms with Gasteiger partial charge < -0.3 is 21.1 Å². The van der Waals surface area contributed by atoms with Gasteiger partial charge in [-0.1, -0.05) is 37.3 Å². The number of amides is 2. The molecule has 0 spiro atoms. The van der Waals surface area contributed by atoms with E-state index in [4.69, 9.17) is 21.2 Å². The molecule has 3 aromatic rings. The summed E-state index contributed by atoms with van der Waals surface area (Å²) in [7, 11) is 0. The largest absolute Gasteiger partial charge is 0.449 e. The molecular weight excluding hydrogens is 442 g/mol. The van der Waals surface area contributed by atoms with Gasteiger partial charge in [-0.05, 0) is 49.1 Å². The maximum atomic E-state index is 13.3. The number of pyridine rings is 1. The first-order valence-electron chi connectivity index (χ1n) is 12.0. The molecular formula is C27H33N5O3. The predicted octanol–water partition coefficient (Wildman–Crippen LogP) is 3.57. The number of fused-ring (bicyclic) bond motifs is 1. The second-order valence-corrected chi connectivity index (χ2v) is 8.97. The number of nitrogens with zero attached hydrogens (tertiary/aromatic N) is 3. The van der Waals surface area contributed by atoms with Gasteiger partial charge in [0.25, 0.3) is 5.91 Å². The van der Waals surface area contributed by atoms with Crippen LogP contribution in [0.1, 0.15) is 40.4 Å². The number of rotatable bonds is 5. The number of ether oxygens (including phenoxy) is 1. The van der Waals surface area contributed by atoms with Crippen molar-refractivity contribution in [1.29, 1.82) is 0 Å². The molecule has 8 heteroatoms. The average Bonchev–Trinajstić information content (AvgIpc) is 2.88. The summed E-state index contributed by atoms with van der Waals surface area (Å²) in [6, 6.07) is 13.7. The van der Waals surface area contributed by atoms with Crippen molar-refractivity contribution in [2.75, 3.05) is 26.2 Å². The second kappa shape index (κ2) is 10.4. The quantitative estimate of drug-likeness (QED) is 0.583. The zero-order chi connectivity index (χ0) is 25.1. The Balaban J connectivity index is 1.58. The maximum Gasteiger partial charge on any atom is 0.411 e. The maximum absolute atomic E-state index is 13.3. The summed E-state index contributed by atoms with van der Waals surface area (Å²) in [6.07, 6.45) is -0.294. The van der Waals surface area contributed by atoms with Crippen LogP contribution in [0.15, 0.2) is 42.5 Å². The molecule has 0 aliphatic carbocycles. The van der Waals surface area contributed by atoms with Gasteiger partial charge in [0.2, 0.25) is 0 Å². The van der Waals surface area contributed by atoms with Crippen molar-refractivity contribution in [3.8, 4) is 11.3 Å². The molecule has 1 aliphatic heterocycles. The van der Waals surface area contributed by atoms with E-state index in [1.54, 1.807) is 4.90 Å². The first kappa shape index (κ1) is 24.6. The molecule has 184 valence electrons. The van der Waals surface area contributed by atoms with E-state index in [9.17, 15) is 9.59 Å². The molecule has 2 amide bonds. The summed E-state index contributed by atoms with van der Waals surface area (Å²) < 4.78 is 5.20. The van der Waals surface area contributed by atoms with Gasteiger partial charge in [-0.25, -0.2) is 9.78 Å². The fourth-order valence-corrected chi connectivity index (χ4v) is 4.41. The lowest BCUT2D eigenvalue weighted by Crippen LogP contribution is -2.60. The van der Waals surface area contributed by atoms with E-state index in [0.29, 0.717) is 31.8 Å². The highest BCUT2D eigenvalue weighted by atomic mass is 16.6. The Kier molecular flexibility index (Phi) is 7.33. The second-order valence-electron chi connectivity index (χ2n) is 8.97. The molecule has 4 N–H and O–H groups in total. The fourth-order valence-electron chi connectivity index (χ4n) is 4.41. The van der Waals surface area contributed by atoms with Crippen LogP contribution in [-0.2, 0) is 11.3 Å². The SMILES string of the molecule is CCCOC(=O)N1CCN(C(=O)c2ccc3c(C)c(C)c(-c4ccc(CN)cc4)nc3c2)C[C@H]1N. The number of benzene rings is 2. The van der Waals surface area contributed by atoms with Crippen molar-refractivity contribution >= 4 is 22.9 Å². The topological polar surface area (TPSA) is 115 Å². The highest BCUT2D eigenvalue weighted by Crippen LogP contribution is 2.30. The molecule has 8 nitrogen and oxygen atoms in total. The normalized spacial score (nSPS) is 16.0.